The van der Waals surface area contributed by atoms with Crippen LogP contribution in [0.1, 0.15) is 18.0 Å². The third-order valence-corrected chi connectivity index (χ3v) is 5.46. The van der Waals surface area contributed by atoms with E-state index in [9.17, 15) is 30.4 Å². The van der Waals surface area contributed by atoms with Crippen molar-refractivity contribution in [3.63, 3.8) is 0 Å². The van der Waals surface area contributed by atoms with Crippen LogP contribution < -0.4 is 5.01 Å². The maximum absolute atomic E-state index is 14.2. The monoisotopic (exact) mass is 420 g/mol. The molecular weight excluding hydrogens is 407 g/mol. The molecule has 0 N–H and O–H groups in total. The van der Waals surface area contributed by atoms with Crippen molar-refractivity contribution in [1.82, 2.24) is 0 Å². The Kier molecular flexibility index (Phi) is 5.15. The van der Waals surface area contributed by atoms with Gasteiger partial charge in [0.1, 0.15) is 11.5 Å². The highest BCUT2D eigenvalue weighted by molar-refractivity contribution is 7.86. The van der Waals surface area contributed by atoms with E-state index in [1.165, 1.54) is 24.3 Å². The highest BCUT2D eigenvalue weighted by atomic mass is 32.2. The summed E-state index contributed by atoms with van der Waals surface area (Å²) < 4.78 is 94.6. The number of nitrogens with zero attached hydrogens (tertiary/aromatic N) is 2. The topological polar surface area (TPSA) is 59.0 Å². The number of hydrogen-bond donors (Lipinski definition) is 0. The first-order chi connectivity index (χ1) is 13.0. The average molecular weight is 420 g/mol. The van der Waals surface area contributed by atoms with Gasteiger partial charge in [-0.1, -0.05) is 12.1 Å². The van der Waals surface area contributed by atoms with Crippen molar-refractivity contribution in [2.24, 2.45) is 5.10 Å². The average Bonchev–Trinajstić information content (AvgIpc) is 3.07. The Morgan fingerprint density at radius 2 is 1.75 bits per heavy atom. The van der Waals surface area contributed by atoms with E-state index in [0.29, 0.717) is 6.07 Å². The molecule has 1 heterocycles. The Balaban J connectivity index is 2.03. The van der Waals surface area contributed by atoms with Gasteiger partial charge in [-0.05, 0) is 29.8 Å². The predicted octanol–water partition coefficient (Wildman–Crippen LogP) is 4.17. The maximum atomic E-state index is 14.2. The van der Waals surface area contributed by atoms with Gasteiger partial charge in [-0.25, -0.2) is 8.78 Å². The lowest BCUT2D eigenvalue weighted by Crippen LogP contribution is -2.21. The molecule has 1 aliphatic heterocycles. The summed E-state index contributed by atoms with van der Waals surface area (Å²) in [6.45, 7) is 0. The van der Waals surface area contributed by atoms with Crippen LogP contribution in [-0.4, -0.2) is 27.4 Å². The zero-order valence-corrected chi connectivity index (χ0v) is 15.1. The minimum Gasteiger partial charge on any atom is -0.270 e. The Morgan fingerprint density at radius 3 is 2.29 bits per heavy atom. The van der Waals surface area contributed by atoms with Crippen LogP contribution in [0.3, 0.4) is 0 Å². The number of alkyl halides is 3. The number of hydrazone groups is 1. The molecule has 0 aromatic heterocycles. The molecule has 0 saturated heterocycles. The first-order valence-electron chi connectivity index (χ1n) is 7.82. The zero-order valence-electron chi connectivity index (χ0n) is 14.2. The molecule has 0 bridgehead atoms. The van der Waals surface area contributed by atoms with E-state index in [-0.39, 0.29) is 16.1 Å². The molecule has 11 heteroatoms. The number of hydrogen-bond acceptors (Lipinski definition) is 5. The fraction of sp³-hybridized carbons (Fsp3) is 0.235. The van der Waals surface area contributed by atoms with Crippen LogP contribution in [0, 0.1) is 11.6 Å². The van der Waals surface area contributed by atoms with Gasteiger partial charge in [0.2, 0.25) is 0 Å². The largest absolute Gasteiger partial charge is 0.431 e. The quantitative estimate of drug-likeness (QED) is 0.550. The molecule has 0 fully saturated rings. The van der Waals surface area contributed by atoms with Crippen LogP contribution >= 0.6 is 0 Å². The number of benzene rings is 2. The molecule has 1 aliphatic rings. The summed E-state index contributed by atoms with van der Waals surface area (Å²) in [7, 11) is -3.00. The lowest BCUT2D eigenvalue weighted by molar-refractivity contribution is -0.0600. The summed E-state index contributed by atoms with van der Waals surface area (Å²) in [5.74, 6) is -1.96. The van der Waals surface area contributed by atoms with Gasteiger partial charge < -0.3 is 0 Å². The molecule has 2 aromatic carbocycles. The van der Waals surface area contributed by atoms with Crippen molar-refractivity contribution in [3.8, 4) is 0 Å². The Bertz CT molecular complexity index is 1020. The van der Waals surface area contributed by atoms with E-state index in [2.05, 4.69) is 9.28 Å². The second-order valence-corrected chi connectivity index (χ2v) is 7.61. The smallest absolute Gasteiger partial charge is 0.270 e. The van der Waals surface area contributed by atoms with Crippen molar-refractivity contribution < 1.29 is 34.6 Å². The van der Waals surface area contributed by atoms with Crippen molar-refractivity contribution in [2.75, 3.05) is 12.1 Å². The molecule has 2 aromatic rings. The number of anilines is 1. The van der Waals surface area contributed by atoms with E-state index < -0.39 is 46.1 Å². The van der Waals surface area contributed by atoms with Gasteiger partial charge in [0.05, 0.1) is 23.7 Å². The normalized spacial score (nSPS) is 17.7. The van der Waals surface area contributed by atoms with Crippen molar-refractivity contribution >= 4 is 21.5 Å². The minimum absolute atomic E-state index is 0.187. The molecule has 1 atom stereocenters. The molecule has 0 aliphatic carbocycles. The molecule has 1 unspecified atom stereocenters. The lowest BCUT2D eigenvalue weighted by Gasteiger charge is -2.24. The van der Waals surface area contributed by atoms with Crippen LogP contribution in [0.5, 0.6) is 0 Å². The van der Waals surface area contributed by atoms with Gasteiger partial charge in [0.15, 0.2) is 5.82 Å². The fourth-order valence-corrected chi connectivity index (χ4v) is 3.45. The standard InChI is InChI=1S/C17H13F5N2O3S/c1-27-28(25,26)12-5-2-10(3-6-12)15-9-16(17(20,21)22)23-24(15)14-7-4-11(18)8-13(14)19/h2-8,15H,9H2,1H3. The first kappa shape index (κ1) is 20.2. The van der Waals surface area contributed by atoms with Crippen LogP contribution in [0.2, 0.25) is 0 Å². The van der Waals surface area contributed by atoms with E-state index in [1.807, 2.05) is 0 Å². The van der Waals surface area contributed by atoms with E-state index >= 15 is 0 Å². The molecule has 0 amide bonds. The van der Waals surface area contributed by atoms with Crippen molar-refractivity contribution in [3.05, 3.63) is 59.7 Å². The lowest BCUT2D eigenvalue weighted by atomic mass is 10.0. The molecule has 150 valence electrons. The van der Waals surface area contributed by atoms with Crippen molar-refractivity contribution in [2.45, 2.75) is 23.5 Å². The van der Waals surface area contributed by atoms with Crippen LogP contribution in [-0.2, 0) is 14.3 Å². The fourth-order valence-electron chi connectivity index (χ4n) is 2.78. The summed E-state index contributed by atoms with van der Waals surface area (Å²) in [6, 6.07) is 6.30. The molecule has 0 saturated carbocycles. The van der Waals surface area contributed by atoms with E-state index in [0.717, 1.165) is 24.3 Å². The highest BCUT2D eigenvalue weighted by Crippen LogP contribution is 2.40. The van der Waals surface area contributed by atoms with Gasteiger partial charge >= 0.3 is 6.18 Å². The minimum atomic E-state index is -4.73. The molecule has 0 spiro atoms. The molecule has 3 rings (SSSR count). The zero-order chi connectivity index (χ0) is 20.7. The second kappa shape index (κ2) is 7.13. The van der Waals surface area contributed by atoms with Gasteiger partial charge in [-0.15, -0.1) is 0 Å². The number of rotatable bonds is 4. The molecule has 5 nitrogen and oxygen atoms in total. The summed E-state index contributed by atoms with van der Waals surface area (Å²) in [4.78, 5) is -0.187. The van der Waals surface area contributed by atoms with Crippen molar-refractivity contribution in [1.29, 1.82) is 0 Å². The highest BCUT2D eigenvalue weighted by Gasteiger charge is 2.44. The van der Waals surface area contributed by atoms with Crippen LogP contribution in [0.25, 0.3) is 0 Å². The predicted molar refractivity (Wildman–Crippen MR) is 90.3 cm³/mol. The number of halogens is 5. The van der Waals surface area contributed by atoms with Gasteiger partial charge in [0.25, 0.3) is 10.1 Å². The summed E-state index contributed by atoms with van der Waals surface area (Å²) in [6.07, 6.45) is -5.32. The van der Waals surface area contributed by atoms with Gasteiger partial charge in [-0.2, -0.15) is 26.7 Å². The molecule has 28 heavy (non-hydrogen) atoms. The Hall–Kier alpha value is -2.53. The van der Waals surface area contributed by atoms with E-state index in [4.69, 9.17) is 0 Å². The van der Waals surface area contributed by atoms with Gasteiger partial charge in [0, 0.05) is 12.5 Å². The van der Waals surface area contributed by atoms with E-state index in [1.54, 1.807) is 0 Å². The summed E-state index contributed by atoms with van der Waals surface area (Å²) >= 11 is 0. The summed E-state index contributed by atoms with van der Waals surface area (Å²) in [5.41, 5.74) is -1.20. The van der Waals surface area contributed by atoms with Gasteiger partial charge in [-0.3, -0.25) is 9.19 Å². The Labute approximate surface area is 157 Å². The Morgan fingerprint density at radius 1 is 1.11 bits per heavy atom. The molecule has 0 radical (unpaired) electrons. The third kappa shape index (κ3) is 3.85. The molecular formula is C17H13F5N2O3S. The van der Waals surface area contributed by atoms with Crippen LogP contribution in [0.4, 0.5) is 27.6 Å². The van der Waals surface area contributed by atoms with Crippen LogP contribution in [0.15, 0.2) is 52.5 Å². The summed E-state index contributed by atoms with van der Waals surface area (Å²) in [5, 5.41) is 4.30. The third-order valence-electron chi connectivity index (χ3n) is 4.17. The maximum Gasteiger partial charge on any atom is 0.431 e. The second-order valence-electron chi connectivity index (χ2n) is 5.89. The first-order valence-corrected chi connectivity index (χ1v) is 9.23. The SMILES string of the molecule is COS(=O)(=O)c1ccc(C2CC(C(F)(F)F)=NN2c2ccc(F)cc2F)cc1.